The van der Waals surface area contributed by atoms with Gasteiger partial charge >= 0.3 is 0 Å². The van der Waals surface area contributed by atoms with E-state index in [9.17, 15) is 9.18 Å². The second-order valence-corrected chi connectivity index (χ2v) is 5.63. The van der Waals surface area contributed by atoms with E-state index in [1.807, 2.05) is 6.92 Å². The van der Waals surface area contributed by atoms with Crippen LogP contribution in [0.15, 0.2) is 34.8 Å². The van der Waals surface area contributed by atoms with Crippen molar-refractivity contribution in [3.63, 3.8) is 0 Å². The molecule has 0 radical (unpaired) electrons. The minimum atomic E-state index is -0.487. The zero-order valence-corrected chi connectivity index (χ0v) is 13.3. The number of anilines is 2. The molecule has 2 rings (SSSR count). The first-order chi connectivity index (χ1) is 9.92. The second kappa shape index (κ2) is 6.43. The summed E-state index contributed by atoms with van der Waals surface area (Å²) in [4.78, 5) is 12.2. The molecule has 0 aliphatic heterocycles. The quantitative estimate of drug-likeness (QED) is 0.561. The number of amides is 1. The van der Waals surface area contributed by atoms with Crippen molar-refractivity contribution in [1.82, 2.24) is 0 Å². The Hall–Kier alpha value is -1.63. The van der Waals surface area contributed by atoms with Crippen molar-refractivity contribution in [2.24, 2.45) is 5.84 Å². The number of halogens is 3. The first-order valence-corrected chi connectivity index (χ1v) is 7.12. The Morgan fingerprint density at radius 3 is 2.62 bits per heavy atom. The van der Waals surface area contributed by atoms with Gasteiger partial charge in [-0.05, 0) is 58.7 Å². The maximum atomic E-state index is 13.2. The third-order valence-electron chi connectivity index (χ3n) is 2.89. The second-order valence-electron chi connectivity index (χ2n) is 4.37. The van der Waals surface area contributed by atoms with Gasteiger partial charge in [0.2, 0.25) is 0 Å². The zero-order chi connectivity index (χ0) is 15.6. The van der Waals surface area contributed by atoms with Crippen LogP contribution in [0.5, 0.6) is 0 Å². The lowest BCUT2D eigenvalue weighted by atomic mass is 10.1. The topological polar surface area (TPSA) is 67.2 Å². The fourth-order valence-corrected chi connectivity index (χ4v) is 2.71. The molecule has 2 aromatic rings. The van der Waals surface area contributed by atoms with Crippen molar-refractivity contribution in [3.05, 3.63) is 56.8 Å². The number of carbonyl (C=O) groups excluding carboxylic acids is 1. The van der Waals surface area contributed by atoms with Gasteiger partial charge in [-0.15, -0.1) is 0 Å². The summed E-state index contributed by atoms with van der Waals surface area (Å²) in [6.07, 6.45) is 0. The zero-order valence-electron chi connectivity index (χ0n) is 11.0. The molecular weight excluding hydrogens is 361 g/mol. The number of nitrogen functional groups attached to an aromatic ring is 1. The number of nitrogens with two attached hydrogens (primary N) is 1. The molecular formula is C14H12BrClFN3O. The van der Waals surface area contributed by atoms with Gasteiger partial charge in [0.1, 0.15) is 5.82 Å². The Morgan fingerprint density at radius 2 is 2.05 bits per heavy atom. The van der Waals surface area contributed by atoms with E-state index >= 15 is 0 Å². The molecule has 0 aliphatic carbocycles. The largest absolute Gasteiger partial charge is 0.324 e. The maximum absolute atomic E-state index is 13.2. The summed E-state index contributed by atoms with van der Waals surface area (Å²) in [6.45, 7) is 1.83. The SMILES string of the molecule is Cc1cc(C(=O)Nc2c(Cl)cc(F)cc2Br)ccc1NN. The third-order valence-corrected chi connectivity index (χ3v) is 3.81. The lowest BCUT2D eigenvalue weighted by Gasteiger charge is -2.11. The fourth-order valence-electron chi connectivity index (χ4n) is 1.81. The van der Waals surface area contributed by atoms with E-state index in [1.165, 1.54) is 6.07 Å². The molecule has 0 spiro atoms. The van der Waals surface area contributed by atoms with E-state index in [0.717, 1.165) is 17.3 Å². The monoisotopic (exact) mass is 371 g/mol. The Labute approximate surface area is 134 Å². The van der Waals surface area contributed by atoms with Gasteiger partial charge < -0.3 is 10.7 Å². The minimum Gasteiger partial charge on any atom is -0.324 e. The van der Waals surface area contributed by atoms with Crippen LogP contribution in [-0.2, 0) is 0 Å². The molecule has 1 amide bonds. The smallest absolute Gasteiger partial charge is 0.255 e. The van der Waals surface area contributed by atoms with Crippen molar-refractivity contribution in [1.29, 1.82) is 0 Å². The van der Waals surface area contributed by atoms with Crippen LogP contribution < -0.4 is 16.6 Å². The van der Waals surface area contributed by atoms with Crippen molar-refractivity contribution >= 4 is 44.8 Å². The first-order valence-electron chi connectivity index (χ1n) is 5.95. The predicted octanol–water partition coefficient (Wildman–Crippen LogP) is 4.09. The summed E-state index contributed by atoms with van der Waals surface area (Å²) in [6, 6.07) is 7.38. The van der Waals surface area contributed by atoms with Crippen molar-refractivity contribution in [3.8, 4) is 0 Å². The highest BCUT2D eigenvalue weighted by Crippen LogP contribution is 2.32. The van der Waals surface area contributed by atoms with Gasteiger partial charge in [-0.3, -0.25) is 10.6 Å². The summed E-state index contributed by atoms with van der Waals surface area (Å²) < 4.78 is 13.5. The number of hydrogen-bond donors (Lipinski definition) is 3. The number of benzene rings is 2. The van der Waals surface area contributed by atoms with E-state index in [4.69, 9.17) is 17.4 Å². The standard InChI is InChI=1S/C14H12BrClFN3O/c1-7-4-8(2-3-12(7)20-18)14(21)19-13-10(15)5-9(17)6-11(13)16/h2-6,20H,18H2,1H3,(H,19,21). The lowest BCUT2D eigenvalue weighted by Crippen LogP contribution is -2.14. The molecule has 0 aliphatic rings. The normalized spacial score (nSPS) is 10.3. The molecule has 0 bridgehead atoms. The van der Waals surface area contributed by atoms with Crippen molar-refractivity contribution in [2.45, 2.75) is 6.92 Å². The molecule has 0 atom stereocenters. The summed E-state index contributed by atoms with van der Waals surface area (Å²) in [5, 5.41) is 2.77. The molecule has 0 saturated heterocycles. The summed E-state index contributed by atoms with van der Waals surface area (Å²) in [5.41, 5.74) is 4.86. The fraction of sp³-hybridized carbons (Fsp3) is 0.0714. The van der Waals surface area contributed by atoms with Crippen LogP contribution in [-0.4, -0.2) is 5.91 Å². The van der Waals surface area contributed by atoms with E-state index in [2.05, 4.69) is 26.7 Å². The molecule has 110 valence electrons. The summed E-state index contributed by atoms with van der Waals surface area (Å²) in [7, 11) is 0. The third kappa shape index (κ3) is 3.53. The van der Waals surface area contributed by atoms with Gasteiger partial charge in [-0.2, -0.15) is 0 Å². The number of rotatable bonds is 3. The minimum absolute atomic E-state index is 0.118. The van der Waals surface area contributed by atoms with Gasteiger partial charge in [0.15, 0.2) is 0 Å². The maximum Gasteiger partial charge on any atom is 0.255 e. The van der Waals surface area contributed by atoms with Crippen molar-refractivity contribution < 1.29 is 9.18 Å². The van der Waals surface area contributed by atoms with Crippen LogP contribution in [0.4, 0.5) is 15.8 Å². The number of hydrazine groups is 1. The molecule has 0 saturated carbocycles. The van der Waals surface area contributed by atoms with Crippen LogP contribution in [0, 0.1) is 12.7 Å². The van der Waals surface area contributed by atoms with E-state index in [1.54, 1.807) is 18.2 Å². The molecule has 2 aromatic carbocycles. The van der Waals surface area contributed by atoms with Gasteiger partial charge in [0.05, 0.1) is 16.4 Å². The number of hydrogen-bond acceptors (Lipinski definition) is 3. The lowest BCUT2D eigenvalue weighted by molar-refractivity contribution is 0.102. The highest BCUT2D eigenvalue weighted by molar-refractivity contribution is 9.10. The average Bonchev–Trinajstić information content (AvgIpc) is 2.42. The Kier molecular flexibility index (Phi) is 4.82. The average molecular weight is 373 g/mol. The summed E-state index contributed by atoms with van der Waals surface area (Å²) in [5.74, 6) is 4.51. The van der Waals surface area contributed by atoms with Gasteiger partial charge in [-0.25, -0.2) is 4.39 Å². The molecule has 0 fully saturated rings. The highest BCUT2D eigenvalue weighted by Gasteiger charge is 2.13. The molecule has 7 heteroatoms. The molecule has 0 unspecified atom stereocenters. The van der Waals surface area contributed by atoms with Crippen LogP contribution in [0.25, 0.3) is 0 Å². The molecule has 0 heterocycles. The van der Waals surface area contributed by atoms with Crippen LogP contribution in [0.2, 0.25) is 5.02 Å². The molecule has 4 nitrogen and oxygen atoms in total. The highest BCUT2D eigenvalue weighted by atomic mass is 79.9. The Balaban J connectivity index is 2.28. The van der Waals surface area contributed by atoms with Gasteiger partial charge in [0, 0.05) is 10.0 Å². The van der Waals surface area contributed by atoms with Gasteiger partial charge in [0.25, 0.3) is 5.91 Å². The number of nitrogens with one attached hydrogen (secondary N) is 2. The van der Waals surface area contributed by atoms with E-state index in [-0.39, 0.29) is 10.9 Å². The van der Waals surface area contributed by atoms with Gasteiger partial charge in [-0.1, -0.05) is 11.6 Å². The Bertz CT molecular complexity index is 686. The predicted molar refractivity (Wildman–Crippen MR) is 86.1 cm³/mol. The molecule has 0 aromatic heterocycles. The molecule has 4 N–H and O–H groups in total. The molecule has 21 heavy (non-hydrogen) atoms. The Morgan fingerprint density at radius 1 is 1.33 bits per heavy atom. The number of carbonyl (C=O) groups is 1. The van der Waals surface area contributed by atoms with Crippen LogP contribution >= 0.6 is 27.5 Å². The first kappa shape index (κ1) is 15.8. The van der Waals surface area contributed by atoms with Crippen LogP contribution in [0.3, 0.4) is 0 Å². The van der Waals surface area contributed by atoms with Crippen molar-refractivity contribution in [2.75, 3.05) is 10.7 Å². The number of aryl methyl sites for hydroxylation is 1. The van der Waals surface area contributed by atoms with E-state index < -0.39 is 5.82 Å². The van der Waals surface area contributed by atoms with E-state index in [0.29, 0.717) is 15.7 Å². The summed E-state index contributed by atoms with van der Waals surface area (Å²) >= 11 is 9.10. The van der Waals surface area contributed by atoms with Crippen LogP contribution in [0.1, 0.15) is 15.9 Å².